The monoisotopic (exact) mass is 233 g/mol. The second-order valence-electron chi connectivity index (χ2n) is 2.20. The zero-order chi connectivity index (χ0) is 10.1. The van der Waals surface area contributed by atoms with Gasteiger partial charge in [0, 0.05) is 23.7 Å². The minimum absolute atomic E-state index is 0.233. The smallest absolute Gasteiger partial charge is 0.261 e. The van der Waals surface area contributed by atoms with Crippen molar-refractivity contribution in [2.75, 3.05) is 26.3 Å². The Hall–Kier alpha value is 0.1000. The van der Waals surface area contributed by atoms with Crippen LogP contribution in [0.4, 0.5) is 8.78 Å². The molecule has 0 aromatic carbocycles. The van der Waals surface area contributed by atoms with Gasteiger partial charge in [-0.25, -0.2) is 8.78 Å². The average Bonchev–Trinajstić information content (AvgIpc) is 2.10. The predicted molar refractivity (Wildman–Crippen MR) is 49.5 cm³/mol. The summed E-state index contributed by atoms with van der Waals surface area (Å²) in [7, 11) is 0. The first kappa shape index (κ1) is 13.1. The summed E-state index contributed by atoms with van der Waals surface area (Å²) < 4.78 is 27.7. The number of hydrogen-bond donors (Lipinski definition) is 1. The highest BCUT2D eigenvalue weighted by molar-refractivity contribution is 6.36. The van der Waals surface area contributed by atoms with Gasteiger partial charge in [-0.1, -0.05) is 23.2 Å². The highest BCUT2D eigenvalue weighted by atomic mass is 35.5. The van der Waals surface area contributed by atoms with Crippen LogP contribution in [0.3, 0.4) is 0 Å². The number of halogens is 4. The Morgan fingerprint density at radius 1 is 1.54 bits per heavy atom. The number of alkyl halides is 2. The zero-order valence-corrected chi connectivity index (χ0v) is 8.42. The van der Waals surface area contributed by atoms with Gasteiger partial charge >= 0.3 is 0 Å². The minimum atomic E-state index is -2.41. The van der Waals surface area contributed by atoms with E-state index < -0.39 is 13.0 Å². The Labute approximate surface area is 85.8 Å². The third-order valence-corrected chi connectivity index (χ3v) is 1.70. The quantitative estimate of drug-likeness (QED) is 0.681. The molecule has 13 heavy (non-hydrogen) atoms. The van der Waals surface area contributed by atoms with E-state index in [0.717, 1.165) is 0 Å². The van der Waals surface area contributed by atoms with Crippen LogP contribution < -0.4 is 5.32 Å². The molecule has 0 fully saturated rings. The lowest BCUT2D eigenvalue weighted by Gasteiger charge is -2.04. The molecule has 0 aromatic heterocycles. The predicted octanol–water partition coefficient (Wildman–Crippen LogP) is 2.18. The highest BCUT2D eigenvalue weighted by Crippen LogP contribution is 1.99. The van der Waals surface area contributed by atoms with Crippen LogP contribution in [-0.4, -0.2) is 32.7 Å². The van der Waals surface area contributed by atoms with E-state index in [1.54, 1.807) is 0 Å². The third-order valence-electron chi connectivity index (χ3n) is 1.08. The molecule has 0 unspecified atom stereocenters. The van der Waals surface area contributed by atoms with Crippen molar-refractivity contribution in [3.8, 4) is 0 Å². The lowest BCUT2D eigenvalue weighted by molar-refractivity contribution is 0.0189. The van der Waals surface area contributed by atoms with Crippen LogP contribution in [0.1, 0.15) is 0 Å². The van der Waals surface area contributed by atoms with Crippen LogP contribution in [0.15, 0.2) is 10.6 Å². The third kappa shape index (κ3) is 10.0. The van der Waals surface area contributed by atoms with Crippen molar-refractivity contribution < 1.29 is 13.5 Å². The average molecular weight is 234 g/mol. The molecule has 1 N–H and O–H groups in total. The van der Waals surface area contributed by atoms with E-state index in [-0.39, 0.29) is 6.61 Å². The molecule has 0 aliphatic heterocycles. The summed E-state index contributed by atoms with van der Waals surface area (Å²) in [6.07, 6.45) is -2.41. The van der Waals surface area contributed by atoms with Crippen LogP contribution in [0, 0.1) is 0 Å². The molecule has 2 nitrogen and oxygen atoms in total. The molecule has 0 bridgehead atoms. The topological polar surface area (TPSA) is 21.3 Å². The molecule has 0 saturated carbocycles. The largest absolute Gasteiger partial charge is 0.374 e. The molecule has 0 aliphatic rings. The summed E-state index contributed by atoms with van der Waals surface area (Å²) in [4.78, 5) is 0. The molecule has 78 valence electrons. The van der Waals surface area contributed by atoms with Crippen LogP contribution in [-0.2, 0) is 4.74 Å². The second-order valence-corrected chi connectivity index (χ2v) is 2.90. The van der Waals surface area contributed by atoms with Crippen molar-refractivity contribution in [3.05, 3.63) is 10.6 Å². The van der Waals surface area contributed by atoms with Crippen molar-refractivity contribution >= 4 is 23.2 Å². The molecule has 0 atom stereocenters. The molecule has 0 amide bonds. The van der Waals surface area contributed by atoms with E-state index in [4.69, 9.17) is 23.2 Å². The molecule has 0 aromatic rings. The van der Waals surface area contributed by atoms with E-state index >= 15 is 0 Å². The van der Waals surface area contributed by atoms with Gasteiger partial charge in [-0.3, -0.25) is 0 Å². The number of ether oxygens (including phenoxy) is 1. The standard InChI is InChI=1S/C7H11Cl2F2NO/c8-3-6(9)4-12-1-2-13-5-7(10)11/h3,7,12H,1-2,4-5H2. The molecule has 0 radical (unpaired) electrons. The zero-order valence-electron chi connectivity index (χ0n) is 6.90. The van der Waals surface area contributed by atoms with Crippen LogP contribution in [0.5, 0.6) is 0 Å². The van der Waals surface area contributed by atoms with Gasteiger partial charge in [-0.2, -0.15) is 0 Å². The molecule has 0 saturated heterocycles. The SMILES string of the molecule is FC(F)COCCNCC(Cl)=CCl. The Bertz CT molecular complexity index is 155. The Kier molecular flexibility index (Phi) is 8.75. The Balaban J connectivity index is 3.09. The van der Waals surface area contributed by atoms with Crippen molar-refractivity contribution in [1.29, 1.82) is 0 Å². The molecule has 0 spiro atoms. The Morgan fingerprint density at radius 2 is 2.23 bits per heavy atom. The first-order chi connectivity index (χ1) is 6.16. The van der Waals surface area contributed by atoms with E-state index in [9.17, 15) is 8.78 Å². The molecule has 0 aliphatic carbocycles. The number of nitrogens with one attached hydrogen (secondary N) is 1. The maximum atomic E-state index is 11.5. The summed E-state index contributed by atoms with van der Waals surface area (Å²) in [5.74, 6) is 0. The lowest BCUT2D eigenvalue weighted by Crippen LogP contribution is -2.22. The summed E-state index contributed by atoms with van der Waals surface area (Å²) in [6.45, 7) is 0.592. The van der Waals surface area contributed by atoms with Gasteiger partial charge < -0.3 is 10.1 Å². The van der Waals surface area contributed by atoms with Gasteiger partial charge in [0.15, 0.2) is 0 Å². The van der Waals surface area contributed by atoms with Gasteiger partial charge in [0.25, 0.3) is 6.43 Å². The fourth-order valence-corrected chi connectivity index (χ4v) is 0.735. The summed E-state index contributed by atoms with van der Waals surface area (Å²) in [5, 5.41) is 3.32. The molecule has 0 rings (SSSR count). The normalized spacial score (nSPS) is 12.5. The Morgan fingerprint density at radius 3 is 2.77 bits per heavy atom. The molecular weight excluding hydrogens is 223 g/mol. The molecular formula is C7H11Cl2F2NO. The van der Waals surface area contributed by atoms with Gasteiger partial charge in [0.2, 0.25) is 0 Å². The van der Waals surface area contributed by atoms with Crippen molar-refractivity contribution in [1.82, 2.24) is 5.32 Å². The fourth-order valence-electron chi connectivity index (χ4n) is 0.563. The number of rotatable bonds is 7. The van der Waals surface area contributed by atoms with Gasteiger partial charge in [-0.05, 0) is 0 Å². The van der Waals surface area contributed by atoms with E-state index in [2.05, 4.69) is 10.1 Å². The first-order valence-corrected chi connectivity index (χ1v) is 4.49. The lowest BCUT2D eigenvalue weighted by atomic mass is 10.5. The first-order valence-electron chi connectivity index (χ1n) is 3.68. The number of hydrogen-bond acceptors (Lipinski definition) is 2. The van der Waals surface area contributed by atoms with Crippen molar-refractivity contribution in [2.45, 2.75) is 6.43 Å². The summed E-state index contributed by atoms with van der Waals surface area (Å²) >= 11 is 10.8. The second kappa shape index (κ2) is 8.69. The molecule has 0 heterocycles. The maximum absolute atomic E-state index is 11.5. The fraction of sp³-hybridized carbons (Fsp3) is 0.714. The van der Waals surface area contributed by atoms with E-state index in [0.29, 0.717) is 18.1 Å². The maximum Gasteiger partial charge on any atom is 0.261 e. The minimum Gasteiger partial charge on any atom is -0.374 e. The van der Waals surface area contributed by atoms with E-state index in [1.165, 1.54) is 5.54 Å². The van der Waals surface area contributed by atoms with Gasteiger partial charge in [0.1, 0.15) is 6.61 Å². The van der Waals surface area contributed by atoms with Crippen LogP contribution >= 0.6 is 23.2 Å². The van der Waals surface area contributed by atoms with Crippen molar-refractivity contribution in [3.63, 3.8) is 0 Å². The summed E-state index contributed by atoms with van der Waals surface area (Å²) in [6, 6.07) is 0. The van der Waals surface area contributed by atoms with Gasteiger partial charge in [-0.15, -0.1) is 0 Å². The van der Waals surface area contributed by atoms with Crippen molar-refractivity contribution in [2.24, 2.45) is 0 Å². The van der Waals surface area contributed by atoms with Crippen LogP contribution in [0.25, 0.3) is 0 Å². The summed E-state index contributed by atoms with van der Waals surface area (Å²) in [5.41, 5.74) is 1.24. The van der Waals surface area contributed by atoms with Crippen LogP contribution in [0.2, 0.25) is 0 Å². The van der Waals surface area contributed by atoms with Gasteiger partial charge in [0.05, 0.1) is 6.61 Å². The molecule has 6 heteroatoms. The highest BCUT2D eigenvalue weighted by Gasteiger charge is 2.00. The van der Waals surface area contributed by atoms with E-state index in [1.807, 2.05) is 0 Å².